The summed E-state index contributed by atoms with van der Waals surface area (Å²) in [7, 11) is -1.87. The van der Waals surface area contributed by atoms with Gasteiger partial charge in [0.15, 0.2) is 8.32 Å². The molecule has 0 saturated carbocycles. The summed E-state index contributed by atoms with van der Waals surface area (Å²) in [5.41, 5.74) is 6.91. The number of carbonyl (C=O) groups excluding carboxylic acids is 1. The highest BCUT2D eigenvalue weighted by molar-refractivity contribution is 6.74. The van der Waals surface area contributed by atoms with Crippen LogP contribution in [0.3, 0.4) is 0 Å². The number of morpholine rings is 1. The molecule has 0 N–H and O–H groups in total. The first kappa shape index (κ1) is 33.6. The maximum Gasteiger partial charge on any atom is 0.355 e. The highest BCUT2D eigenvalue weighted by atomic mass is 28.4. The SMILES string of the molecule is CCOC(=O)c1c(CCCO[Si](C)(C)C(C)(C)C)c2cccc3c2n1C/C=C\COCc1nn(CCN2CCOCC2)c(C)c1-3. The highest BCUT2D eigenvalue weighted by Crippen LogP contribution is 2.40. The van der Waals surface area contributed by atoms with E-state index >= 15 is 0 Å². The second-order valence-corrected chi connectivity index (χ2v) is 18.5. The van der Waals surface area contributed by atoms with E-state index in [4.69, 9.17) is 23.7 Å². The summed E-state index contributed by atoms with van der Waals surface area (Å²) in [4.78, 5) is 16.1. The lowest BCUT2D eigenvalue weighted by atomic mass is 9.98. The molecule has 2 aromatic heterocycles. The number of hydrogen-bond acceptors (Lipinski definition) is 7. The zero-order valence-corrected chi connectivity index (χ0v) is 29.4. The third kappa shape index (κ3) is 7.30. The van der Waals surface area contributed by atoms with E-state index in [0.717, 1.165) is 91.2 Å². The van der Waals surface area contributed by atoms with Gasteiger partial charge in [-0.1, -0.05) is 51.1 Å². The van der Waals surface area contributed by atoms with Crippen molar-refractivity contribution in [2.75, 3.05) is 52.7 Å². The molecule has 1 fully saturated rings. The van der Waals surface area contributed by atoms with Crippen LogP contribution in [0.1, 0.15) is 61.6 Å². The lowest BCUT2D eigenvalue weighted by Gasteiger charge is -2.36. The Morgan fingerprint density at radius 3 is 2.60 bits per heavy atom. The molecule has 0 bridgehead atoms. The minimum absolute atomic E-state index is 0.150. The molecule has 0 aliphatic carbocycles. The summed E-state index contributed by atoms with van der Waals surface area (Å²) in [6, 6.07) is 6.43. The molecular formula is C35H52N4O5Si. The highest BCUT2D eigenvalue weighted by Gasteiger charge is 2.37. The van der Waals surface area contributed by atoms with Gasteiger partial charge in [0, 0.05) is 55.0 Å². The number of hydrogen-bond donors (Lipinski definition) is 0. The van der Waals surface area contributed by atoms with Gasteiger partial charge >= 0.3 is 5.97 Å². The number of aryl methyl sites for hydroxylation is 1. The van der Waals surface area contributed by atoms with Crippen LogP contribution < -0.4 is 0 Å². The Morgan fingerprint density at radius 2 is 1.87 bits per heavy atom. The van der Waals surface area contributed by atoms with E-state index in [-0.39, 0.29) is 11.0 Å². The topological polar surface area (TPSA) is 80.0 Å². The molecule has 2 aliphatic heterocycles. The fourth-order valence-electron chi connectivity index (χ4n) is 6.15. The second kappa shape index (κ2) is 14.3. The molecule has 5 rings (SSSR count). The molecule has 0 atom stereocenters. The average Bonchev–Trinajstić information content (AvgIpc) is 3.48. The fraction of sp³-hybridized carbons (Fsp3) is 0.600. The Kier molecular flexibility index (Phi) is 10.7. The Bertz CT molecular complexity index is 1510. The van der Waals surface area contributed by atoms with Crippen molar-refractivity contribution < 1.29 is 23.4 Å². The molecule has 0 unspecified atom stereocenters. The Hall–Kier alpha value is -2.76. The van der Waals surface area contributed by atoms with E-state index in [1.807, 2.05) is 13.0 Å². The van der Waals surface area contributed by atoms with Gasteiger partial charge in [0.25, 0.3) is 0 Å². The summed E-state index contributed by atoms with van der Waals surface area (Å²) in [6.07, 6.45) is 5.67. The monoisotopic (exact) mass is 636 g/mol. The zero-order valence-electron chi connectivity index (χ0n) is 28.4. The van der Waals surface area contributed by atoms with E-state index < -0.39 is 8.32 Å². The van der Waals surface area contributed by atoms with E-state index in [2.05, 4.69) is 79.2 Å². The van der Waals surface area contributed by atoms with Crippen LogP contribution in [-0.2, 0) is 44.8 Å². The number of rotatable bonds is 10. The lowest BCUT2D eigenvalue weighted by molar-refractivity contribution is 0.0358. The first-order valence-electron chi connectivity index (χ1n) is 16.6. The molecule has 246 valence electrons. The van der Waals surface area contributed by atoms with Crippen molar-refractivity contribution in [1.29, 1.82) is 0 Å². The Labute approximate surface area is 269 Å². The number of allylic oxidation sites excluding steroid dienone is 1. The normalized spacial score (nSPS) is 17.2. The van der Waals surface area contributed by atoms with Crippen LogP contribution in [0.25, 0.3) is 22.0 Å². The van der Waals surface area contributed by atoms with Crippen molar-refractivity contribution in [2.45, 2.75) is 85.3 Å². The summed E-state index contributed by atoms with van der Waals surface area (Å²) < 4.78 is 28.1. The van der Waals surface area contributed by atoms with Crippen molar-refractivity contribution in [3.05, 3.63) is 53.0 Å². The maximum atomic E-state index is 13.7. The standard InChI is InChI=1S/C35H52N4O5Si/c1-8-43-34(40)33-28(15-12-22-44-45(6,7)35(3,4)5)27-13-11-14-29-31-26(2)39(18-17-37-19-23-41-24-20-37)36-30(31)25-42-21-10-9-16-38(33)32(27)29/h9-11,13-14H,8,12,15-25H2,1-7H3/b10-9-. The molecule has 3 aromatic rings. The van der Waals surface area contributed by atoms with Crippen molar-refractivity contribution in [3.8, 4) is 11.1 Å². The van der Waals surface area contributed by atoms with Crippen molar-refractivity contribution in [2.24, 2.45) is 0 Å². The summed E-state index contributed by atoms with van der Waals surface area (Å²) in [6.45, 7) is 23.0. The summed E-state index contributed by atoms with van der Waals surface area (Å²) >= 11 is 0. The third-order valence-electron chi connectivity index (χ3n) is 9.68. The molecule has 0 spiro atoms. The van der Waals surface area contributed by atoms with Gasteiger partial charge in [-0.25, -0.2) is 4.79 Å². The smallest absolute Gasteiger partial charge is 0.355 e. The van der Waals surface area contributed by atoms with Crippen LogP contribution in [0.15, 0.2) is 30.4 Å². The van der Waals surface area contributed by atoms with Crippen LogP contribution >= 0.6 is 0 Å². The number of esters is 1. The van der Waals surface area contributed by atoms with E-state index in [9.17, 15) is 4.79 Å². The van der Waals surface area contributed by atoms with Crippen LogP contribution in [-0.4, -0.2) is 86.2 Å². The number of benzene rings is 1. The van der Waals surface area contributed by atoms with Gasteiger partial charge in [0.2, 0.25) is 0 Å². The minimum Gasteiger partial charge on any atom is -0.461 e. The average molecular weight is 637 g/mol. The predicted octanol–water partition coefficient (Wildman–Crippen LogP) is 6.36. The number of fused-ring (bicyclic) bond motifs is 2. The summed E-state index contributed by atoms with van der Waals surface area (Å²) in [5, 5.41) is 6.33. The Morgan fingerprint density at radius 1 is 1.09 bits per heavy atom. The van der Waals surface area contributed by atoms with Gasteiger partial charge in [0.1, 0.15) is 5.69 Å². The minimum atomic E-state index is -1.87. The number of nitrogens with zero attached hydrogens (tertiary/aromatic N) is 4. The molecule has 10 heteroatoms. The molecule has 1 aromatic carbocycles. The second-order valence-electron chi connectivity index (χ2n) is 13.6. The van der Waals surface area contributed by atoms with Gasteiger partial charge in [-0.2, -0.15) is 5.10 Å². The molecule has 9 nitrogen and oxygen atoms in total. The van der Waals surface area contributed by atoms with E-state index in [1.165, 1.54) is 0 Å². The molecule has 1 saturated heterocycles. The van der Waals surface area contributed by atoms with Gasteiger partial charge in [-0.3, -0.25) is 9.58 Å². The van der Waals surface area contributed by atoms with Crippen LogP contribution in [0.5, 0.6) is 0 Å². The zero-order chi connectivity index (χ0) is 32.2. The largest absolute Gasteiger partial charge is 0.461 e. The number of aromatic nitrogens is 3. The first-order chi connectivity index (χ1) is 21.5. The van der Waals surface area contributed by atoms with Crippen molar-refractivity contribution in [1.82, 2.24) is 19.2 Å². The molecule has 4 heterocycles. The van der Waals surface area contributed by atoms with Crippen molar-refractivity contribution in [3.63, 3.8) is 0 Å². The van der Waals surface area contributed by atoms with Gasteiger partial charge in [-0.05, 0) is 50.4 Å². The van der Waals surface area contributed by atoms with Crippen LogP contribution in [0.2, 0.25) is 18.1 Å². The number of carbonyl (C=O) groups is 1. The Balaban J connectivity index is 1.58. The number of para-hydroxylation sites is 1. The van der Waals surface area contributed by atoms with Crippen LogP contribution in [0.4, 0.5) is 0 Å². The van der Waals surface area contributed by atoms with Gasteiger partial charge in [0.05, 0.1) is 50.8 Å². The molecular weight excluding hydrogens is 584 g/mol. The van der Waals surface area contributed by atoms with Crippen molar-refractivity contribution >= 4 is 25.2 Å². The molecule has 0 amide bonds. The van der Waals surface area contributed by atoms with Gasteiger partial charge < -0.3 is 23.2 Å². The fourth-order valence-corrected chi connectivity index (χ4v) is 7.24. The predicted molar refractivity (Wildman–Crippen MR) is 181 cm³/mol. The number of ether oxygens (including phenoxy) is 3. The van der Waals surface area contributed by atoms with E-state index in [1.54, 1.807) is 0 Å². The van der Waals surface area contributed by atoms with Crippen LogP contribution in [0, 0.1) is 6.92 Å². The van der Waals surface area contributed by atoms with Gasteiger partial charge in [-0.15, -0.1) is 0 Å². The third-order valence-corrected chi connectivity index (χ3v) is 14.2. The summed E-state index contributed by atoms with van der Waals surface area (Å²) in [5.74, 6) is -0.280. The quantitative estimate of drug-likeness (QED) is 0.111. The molecule has 2 aliphatic rings. The maximum absolute atomic E-state index is 13.7. The first-order valence-corrected chi connectivity index (χ1v) is 19.5. The molecule has 45 heavy (non-hydrogen) atoms. The molecule has 0 radical (unpaired) electrons. The lowest BCUT2D eigenvalue weighted by Crippen LogP contribution is -2.41. The van der Waals surface area contributed by atoms with E-state index in [0.29, 0.717) is 38.7 Å².